The van der Waals surface area contributed by atoms with Gasteiger partial charge in [0, 0.05) is 0 Å². The summed E-state index contributed by atoms with van der Waals surface area (Å²) in [5, 5.41) is 4.71. The third-order valence-electron chi connectivity index (χ3n) is 3.99. The summed E-state index contributed by atoms with van der Waals surface area (Å²) < 4.78 is 3.63. The first-order valence-corrected chi connectivity index (χ1v) is 8.80. The van der Waals surface area contributed by atoms with E-state index in [9.17, 15) is 0 Å². The number of rotatable bonds is 1. The van der Waals surface area contributed by atoms with Crippen molar-refractivity contribution < 1.29 is 4.57 Å². The van der Waals surface area contributed by atoms with E-state index in [0.717, 1.165) is 5.52 Å². The molecule has 0 radical (unpaired) electrons. The SMILES string of the molecule is Cc1ccccc1-c1cc2c(ccc3nc[se]c32)c[n+]1C. The van der Waals surface area contributed by atoms with Crippen LogP contribution in [0.2, 0.25) is 0 Å². The van der Waals surface area contributed by atoms with Crippen LogP contribution in [0, 0.1) is 6.92 Å². The Kier molecular flexibility index (Phi) is 2.91. The number of hydrogen-bond donors (Lipinski definition) is 0. The average Bonchev–Trinajstić information content (AvgIpc) is 2.96. The van der Waals surface area contributed by atoms with Gasteiger partial charge >= 0.3 is 129 Å². The number of nitrogens with zero attached hydrogens (tertiary/aromatic N) is 2. The Morgan fingerprint density at radius 3 is 2.81 bits per heavy atom. The van der Waals surface area contributed by atoms with Crippen LogP contribution in [0.4, 0.5) is 0 Å². The molecule has 0 aliphatic carbocycles. The first kappa shape index (κ1) is 12.8. The van der Waals surface area contributed by atoms with Gasteiger partial charge in [-0.15, -0.1) is 0 Å². The fourth-order valence-corrected chi connectivity index (χ4v) is 4.58. The standard InChI is InChI=1S/C18H15N2Se/c1-12-5-3-4-6-14(12)17-9-15-13(10-20(17)2)7-8-16-18(15)21-11-19-16/h3-11H,1-2H3/q+1. The molecule has 4 aromatic rings. The van der Waals surface area contributed by atoms with Crippen molar-refractivity contribution in [3.05, 3.63) is 59.3 Å². The number of pyridine rings is 1. The van der Waals surface area contributed by atoms with Crippen molar-refractivity contribution >= 4 is 35.1 Å². The quantitative estimate of drug-likeness (QED) is 0.385. The Labute approximate surface area is 129 Å². The Bertz CT molecular complexity index is 969. The molecule has 0 N–H and O–H groups in total. The van der Waals surface area contributed by atoms with Crippen LogP contribution in [0.15, 0.2) is 53.7 Å². The van der Waals surface area contributed by atoms with Gasteiger partial charge in [-0.25, -0.2) is 0 Å². The van der Waals surface area contributed by atoms with Crippen molar-refractivity contribution in [2.75, 3.05) is 0 Å². The molecule has 21 heavy (non-hydrogen) atoms. The van der Waals surface area contributed by atoms with Crippen molar-refractivity contribution in [2.24, 2.45) is 7.05 Å². The summed E-state index contributed by atoms with van der Waals surface area (Å²) in [5.41, 5.74) is 5.01. The molecule has 2 aromatic heterocycles. The van der Waals surface area contributed by atoms with Gasteiger partial charge in [-0.1, -0.05) is 0 Å². The van der Waals surface area contributed by atoms with Gasteiger partial charge in [-0.05, 0) is 0 Å². The van der Waals surface area contributed by atoms with Crippen LogP contribution in [0.25, 0.3) is 31.8 Å². The first-order chi connectivity index (χ1) is 10.2. The van der Waals surface area contributed by atoms with E-state index in [1.165, 1.54) is 31.9 Å². The van der Waals surface area contributed by atoms with Gasteiger partial charge in [-0.3, -0.25) is 0 Å². The molecule has 0 atom stereocenters. The summed E-state index contributed by atoms with van der Waals surface area (Å²) in [6.45, 7) is 2.17. The summed E-state index contributed by atoms with van der Waals surface area (Å²) in [6.07, 6.45) is 2.23. The molecule has 4 rings (SSSR count). The maximum absolute atomic E-state index is 4.49. The van der Waals surface area contributed by atoms with Gasteiger partial charge < -0.3 is 0 Å². The van der Waals surface area contributed by atoms with Gasteiger partial charge in [0.1, 0.15) is 0 Å². The third kappa shape index (κ3) is 2.01. The summed E-state index contributed by atoms with van der Waals surface area (Å²) in [7, 11) is 2.12. The topological polar surface area (TPSA) is 16.8 Å². The molecular weight excluding hydrogens is 323 g/mol. The Morgan fingerprint density at radius 2 is 1.95 bits per heavy atom. The summed E-state index contributed by atoms with van der Waals surface area (Å²) in [4.78, 5) is 4.49. The van der Waals surface area contributed by atoms with Gasteiger partial charge in [0.2, 0.25) is 0 Å². The summed E-state index contributed by atoms with van der Waals surface area (Å²) in [6, 6.07) is 15.2. The van der Waals surface area contributed by atoms with Crippen LogP contribution in [0.3, 0.4) is 0 Å². The molecule has 2 aromatic carbocycles. The van der Waals surface area contributed by atoms with E-state index in [-0.39, 0.29) is 0 Å². The molecule has 0 bridgehead atoms. The minimum atomic E-state index is 0.359. The molecule has 0 saturated carbocycles. The van der Waals surface area contributed by atoms with E-state index in [1.807, 2.05) is 0 Å². The van der Waals surface area contributed by atoms with Crippen molar-refractivity contribution in [1.82, 2.24) is 4.98 Å². The van der Waals surface area contributed by atoms with Gasteiger partial charge in [0.05, 0.1) is 0 Å². The van der Waals surface area contributed by atoms with Crippen molar-refractivity contribution in [3.63, 3.8) is 0 Å². The molecular formula is C18H15N2Se+. The zero-order chi connectivity index (χ0) is 14.4. The minimum absolute atomic E-state index is 0.359. The van der Waals surface area contributed by atoms with Gasteiger partial charge in [0.15, 0.2) is 0 Å². The number of benzene rings is 2. The van der Waals surface area contributed by atoms with E-state index >= 15 is 0 Å². The van der Waals surface area contributed by atoms with E-state index in [2.05, 4.69) is 77.3 Å². The Hall–Kier alpha value is -1.96. The fraction of sp³-hybridized carbons (Fsp3) is 0.111. The summed E-state index contributed by atoms with van der Waals surface area (Å²) >= 11 is 0.359. The van der Waals surface area contributed by atoms with E-state index in [0.29, 0.717) is 14.5 Å². The molecule has 102 valence electrons. The molecule has 0 aliphatic rings. The maximum atomic E-state index is 4.49. The van der Waals surface area contributed by atoms with Crippen LogP contribution < -0.4 is 4.57 Å². The zero-order valence-electron chi connectivity index (χ0n) is 12.0. The van der Waals surface area contributed by atoms with Gasteiger partial charge in [0.25, 0.3) is 0 Å². The average molecular weight is 338 g/mol. The van der Waals surface area contributed by atoms with E-state index < -0.39 is 0 Å². The van der Waals surface area contributed by atoms with Crippen molar-refractivity contribution in [1.29, 1.82) is 0 Å². The van der Waals surface area contributed by atoms with Crippen molar-refractivity contribution in [3.8, 4) is 11.3 Å². The Balaban J connectivity index is 2.10. The number of fused-ring (bicyclic) bond motifs is 3. The predicted molar refractivity (Wildman–Crippen MR) is 87.5 cm³/mol. The molecule has 3 heteroatoms. The molecule has 2 nitrogen and oxygen atoms in total. The molecule has 0 spiro atoms. The third-order valence-corrected chi connectivity index (χ3v) is 5.82. The second kappa shape index (κ2) is 4.80. The van der Waals surface area contributed by atoms with Crippen LogP contribution in [0.1, 0.15) is 5.56 Å². The van der Waals surface area contributed by atoms with E-state index in [4.69, 9.17) is 0 Å². The van der Waals surface area contributed by atoms with Crippen LogP contribution in [0.5, 0.6) is 0 Å². The molecule has 0 aliphatic heterocycles. The van der Waals surface area contributed by atoms with Gasteiger partial charge in [-0.2, -0.15) is 0 Å². The monoisotopic (exact) mass is 339 g/mol. The van der Waals surface area contributed by atoms with Crippen molar-refractivity contribution in [2.45, 2.75) is 6.92 Å². The Morgan fingerprint density at radius 1 is 1.10 bits per heavy atom. The normalized spacial score (nSPS) is 11.3. The molecule has 0 amide bonds. The number of hydrogen-bond acceptors (Lipinski definition) is 1. The molecule has 0 saturated heterocycles. The predicted octanol–water partition coefficient (Wildman–Crippen LogP) is 3.24. The first-order valence-electron chi connectivity index (χ1n) is 6.95. The number of aromatic nitrogens is 2. The molecule has 2 heterocycles. The van der Waals surface area contributed by atoms with E-state index in [1.54, 1.807) is 0 Å². The fourth-order valence-electron chi connectivity index (χ4n) is 2.87. The number of aryl methyl sites for hydroxylation is 2. The van der Waals surface area contributed by atoms with Crippen LogP contribution >= 0.6 is 0 Å². The van der Waals surface area contributed by atoms with Crippen LogP contribution in [-0.4, -0.2) is 19.5 Å². The molecule has 0 unspecified atom stereocenters. The second-order valence-electron chi connectivity index (χ2n) is 5.35. The summed E-state index contributed by atoms with van der Waals surface area (Å²) in [5.74, 6) is 0. The zero-order valence-corrected chi connectivity index (χ0v) is 13.7. The molecule has 0 fully saturated rings. The second-order valence-corrected chi connectivity index (χ2v) is 7.15. The van der Waals surface area contributed by atoms with Crippen LogP contribution in [-0.2, 0) is 7.05 Å².